The van der Waals surface area contributed by atoms with Crippen molar-refractivity contribution in [2.45, 2.75) is 33.1 Å². The van der Waals surface area contributed by atoms with Gasteiger partial charge in [-0.15, -0.1) is 23.4 Å². The van der Waals surface area contributed by atoms with Crippen LogP contribution in [0, 0.1) is 0 Å². The summed E-state index contributed by atoms with van der Waals surface area (Å²) < 4.78 is 0. The number of aliphatic imine (C=N–C) groups is 1. The molecule has 0 aliphatic heterocycles. The van der Waals surface area contributed by atoms with Crippen molar-refractivity contribution in [2.24, 2.45) is 4.99 Å². The van der Waals surface area contributed by atoms with Gasteiger partial charge < -0.3 is 0 Å². The van der Waals surface area contributed by atoms with Gasteiger partial charge >= 0.3 is 0 Å². The van der Waals surface area contributed by atoms with Crippen molar-refractivity contribution in [3.05, 3.63) is 10.6 Å². The average molecular weight is 220 g/mol. The van der Waals surface area contributed by atoms with Gasteiger partial charge in [-0.3, -0.25) is 4.99 Å². The molecule has 0 fully saturated rings. The van der Waals surface area contributed by atoms with Gasteiger partial charge in [0.2, 0.25) is 0 Å². The Labute approximate surface area is 90.7 Å². The molecule has 0 unspecified atom stereocenters. The highest BCUT2D eigenvalue weighted by molar-refractivity contribution is 8.03. The van der Waals surface area contributed by atoms with Crippen molar-refractivity contribution >= 4 is 30.1 Å². The summed E-state index contributed by atoms with van der Waals surface area (Å²) in [4.78, 5) is 5.41. The summed E-state index contributed by atoms with van der Waals surface area (Å²) in [7, 11) is 0. The first kappa shape index (κ1) is 13.1. The van der Waals surface area contributed by atoms with Crippen molar-refractivity contribution in [3.63, 3.8) is 0 Å². The van der Waals surface area contributed by atoms with Gasteiger partial charge in [0, 0.05) is 22.2 Å². The molecule has 1 nitrogen and oxygen atoms in total. The predicted molar refractivity (Wildman–Crippen MR) is 65.0 cm³/mol. The van der Waals surface area contributed by atoms with Gasteiger partial charge in [0.15, 0.2) is 0 Å². The zero-order valence-corrected chi connectivity index (χ0v) is 10.0. The number of nitrogens with zero attached hydrogens (tertiary/aromatic N) is 1. The Morgan fingerprint density at radius 1 is 1.46 bits per heavy atom. The van der Waals surface area contributed by atoms with E-state index in [9.17, 15) is 0 Å². The summed E-state index contributed by atoms with van der Waals surface area (Å²) >= 11 is 7.45. The van der Waals surface area contributed by atoms with Gasteiger partial charge in [-0.1, -0.05) is 20.3 Å². The fourth-order valence-electron chi connectivity index (χ4n) is 1.09. The molecule has 76 valence electrons. The Balaban J connectivity index is 4.31. The van der Waals surface area contributed by atoms with E-state index in [0.29, 0.717) is 5.88 Å². The van der Waals surface area contributed by atoms with Gasteiger partial charge in [-0.05, 0) is 19.6 Å². The molecule has 0 radical (unpaired) electrons. The van der Waals surface area contributed by atoms with E-state index in [1.54, 1.807) is 0 Å². The van der Waals surface area contributed by atoms with E-state index in [4.69, 9.17) is 11.6 Å². The lowest BCUT2D eigenvalue weighted by molar-refractivity contribution is 0.881. The second-order valence-electron chi connectivity index (χ2n) is 2.67. The molecule has 0 aromatic rings. The first-order valence-corrected chi connectivity index (χ1v) is 6.19. The van der Waals surface area contributed by atoms with Gasteiger partial charge in [-0.25, -0.2) is 0 Å². The van der Waals surface area contributed by atoms with Crippen LogP contribution in [0.3, 0.4) is 0 Å². The van der Waals surface area contributed by atoms with E-state index in [1.165, 1.54) is 4.91 Å². The molecule has 0 aromatic heterocycles. The molecule has 0 N–H and O–H groups in total. The fraction of sp³-hybridized carbons (Fsp3) is 0.700. The second kappa shape index (κ2) is 8.64. The van der Waals surface area contributed by atoms with Crippen LogP contribution in [-0.4, -0.2) is 18.4 Å². The molecule has 3 heteroatoms. The Bertz CT molecular complexity index is 178. The maximum atomic E-state index is 5.64. The van der Waals surface area contributed by atoms with Gasteiger partial charge in [0.05, 0.1) is 0 Å². The maximum absolute atomic E-state index is 5.64. The van der Waals surface area contributed by atoms with Crippen molar-refractivity contribution < 1.29 is 0 Å². The molecule has 0 aliphatic rings. The lowest BCUT2D eigenvalue weighted by Gasteiger charge is -2.07. The summed E-state index contributed by atoms with van der Waals surface area (Å²) in [6, 6.07) is 0. The normalized spacial score (nSPS) is 12.5. The molecule has 0 aromatic carbocycles. The molecule has 0 bridgehead atoms. The topological polar surface area (TPSA) is 12.4 Å². The average Bonchev–Trinajstić information content (AvgIpc) is 2.17. The molecular formula is C10H18ClNS. The molecule has 0 spiro atoms. The van der Waals surface area contributed by atoms with Crippen molar-refractivity contribution in [3.8, 4) is 0 Å². The molecular weight excluding hydrogens is 202 g/mol. The van der Waals surface area contributed by atoms with Crippen LogP contribution in [0.5, 0.6) is 0 Å². The zero-order valence-electron chi connectivity index (χ0n) is 8.48. The van der Waals surface area contributed by atoms with Crippen molar-refractivity contribution in [1.82, 2.24) is 0 Å². The molecule has 0 atom stereocenters. The number of halogens is 1. The van der Waals surface area contributed by atoms with Crippen LogP contribution in [0.1, 0.15) is 33.1 Å². The number of allylic oxidation sites excluding steroid dienone is 2. The Morgan fingerprint density at radius 2 is 2.15 bits per heavy atom. The minimum atomic E-state index is 0.699. The van der Waals surface area contributed by atoms with Gasteiger partial charge in [-0.2, -0.15) is 0 Å². The van der Waals surface area contributed by atoms with E-state index < -0.39 is 0 Å². The predicted octanol–water partition coefficient (Wildman–Crippen LogP) is 4.08. The number of alkyl halides is 1. The third-order valence-electron chi connectivity index (χ3n) is 1.67. The van der Waals surface area contributed by atoms with Crippen LogP contribution >= 0.6 is 23.4 Å². The van der Waals surface area contributed by atoms with Gasteiger partial charge in [0.25, 0.3) is 0 Å². The number of hydrogen-bond acceptors (Lipinski definition) is 2. The number of rotatable bonds is 7. The lowest BCUT2D eigenvalue weighted by atomic mass is 10.2. The van der Waals surface area contributed by atoms with Crippen LogP contribution in [0.4, 0.5) is 0 Å². The standard InChI is InChI=1S/C10H18ClNS/c1-4-6-9(12-3)10(5-2)13-8-7-11/h3-8H2,1-2H3/b10-9-. The zero-order chi connectivity index (χ0) is 10.1. The molecule has 0 heterocycles. The Kier molecular flexibility index (Phi) is 8.67. The highest BCUT2D eigenvalue weighted by Gasteiger charge is 2.02. The van der Waals surface area contributed by atoms with Crippen LogP contribution in [0.25, 0.3) is 0 Å². The Morgan fingerprint density at radius 3 is 2.54 bits per heavy atom. The highest BCUT2D eigenvalue weighted by Crippen LogP contribution is 2.26. The first-order chi connectivity index (χ1) is 6.29. The number of hydrogen-bond donors (Lipinski definition) is 0. The van der Waals surface area contributed by atoms with Gasteiger partial charge in [0.1, 0.15) is 0 Å². The molecule has 13 heavy (non-hydrogen) atoms. The first-order valence-electron chi connectivity index (χ1n) is 4.67. The third kappa shape index (κ3) is 5.37. The largest absolute Gasteiger partial charge is 0.268 e. The van der Waals surface area contributed by atoms with E-state index in [0.717, 1.165) is 30.7 Å². The minimum Gasteiger partial charge on any atom is -0.268 e. The monoisotopic (exact) mass is 219 g/mol. The Hall–Kier alpha value is 0.0500. The SMILES string of the molecule is C=N/C(CCC)=C(/CC)SCCCl. The molecule has 0 saturated heterocycles. The van der Waals surface area contributed by atoms with E-state index >= 15 is 0 Å². The van der Waals surface area contributed by atoms with Crippen LogP contribution in [-0.2, 0) is 0 Å². The molecule has 0 aliphatic carbocycles. The van der Waals surface area contributed by atoms with E-state index in [1.807, 2.05) is 11.8 Å². The summed E-state index contributed by atoms with van der Waals surface area (Å²) in [6.07, 6.45) is 3.19. The van der Waals surface area contributed by atoms with Crippen LogP contribution < -0.4 is 0 Å². The lowest BCUT2D eigenvalue weighted by Crippen LogP contribution is -1.88. The number of thioether (sulfide) groups is 1. The van der Waals surface area contributed by atoms with Crippen molar-refractivity contribution in [2.75, 3.05) is 11.6 Å². The van der Waals surface area contributed by atoms with Crippen molar-refractivity contribution in [1.29, 1.82) is 0 Å². The van der Waals surface area contributed by atoms with Crippen LogP contribution in [0.15, 0.2) is 15.6 Å². The summed E-state index contributed by atoms with van der Waals surface area (Å²) in [5.41, 5.74) is 1.15. The molecule has 0 amide bonds. The third-order valence-corrected chi connectivity index (χ3v) is 3.37. The molecule has 0 saturated carbocycles. The van der Waals surface area contributed by atoms with Crippen LogP contribution in [0.2, 0.25) is 0 Å². The minimum absolute atomic E-state index is 0.699. The molecule has 0 rings (SSSR count). The second-order valence-corrected chi connectivity index (χ2v) is 4.24. The summed E-state index contributed by atoms with van der Waals surface area (Å²) in [5.74, 6) is 1.66. The van der Waals surface area contributed by atoms with E-state index in [-0.39, 0.29) is 0 Å². The highest BCUT2D eigenvalue weighted by atomic mass is 35.5. The summed E-state index contributed by atoms with van der Waals surface area (Å²) in [6.45, 7) is 7.91. The summed E-state index contributed by atoms with van der Waals surface area (Å²) in [5, 5.41) is 0. The van der Waals surface area contributed by atoms with E-state index in [2.05, 4.69) is 25.6 Å². The maximum Gasteiger partial charge on any atom is 0.0490 e. The quantitative estimate of drug-likeness (QED) is 0.464. The fourth-order valence-corrected chi connectivity index (χ4v) is 2.19. The smallest absolute Gasteiger partial charge is 0.0490 e.